The molecule has 1 unspecified atom stereocenters. The van der Waals surface area contributed by atoms with Gasteiger partial charge in [-0.3, -0.25) is 4.99 Å². The normalized spacial score (nSPS) is 22.3. The maximum atomic E-state index is 5.79. The Morgan fingerprint density at radius 2 is 2.05 bits per heavy atom. The number of ether oxygens (including phenoxy) is 1. The van der Waals surface area contributed by atoms with Gasteiger partial charge in [-0.2, -0.15) is 0 Å². The summed E-state index contributed by atoms with van der Waals surface area (Å²) in [7, 11) is 1.80. The fraction of sp³-hybridized carbons (Fsp3) is 0.588. The van der Waals surface area contributed by atoms with Crippen LogP contribution in [0.1, 0.15) is 37.8 Å². The molecule has 1 aromatic carbocycles. The van der Waals surface area contributed by atoms with Gasteiger partial charge in [-0.1, -0.05) is 31.2 Å². The van der Waals surface area contributed by atoms with Crippen molar-refractivity contribution in [2.24, 2.45) is 4.99 Å². The smallest absolute Gasteiger partial charge is 0.191 e. The lowest BCUT2D eigenvalue weighted by Gasteiger charge is -2.24. The molecule has 1 atom stereocenters. The van der Waals surface area contributed by atoms with Crippen molar-refractivity contribution < 1.29 is 4.74 Å². The molecule has 116 valence electrons. The summed E-state index contributed by atoms with van der Waals surface area (Å²) in [4.78, 5) is 4.29. The molecule has 1 fully saturated rings. The van der Waals surface area contributed by atoms with Crippen molar-refractivity contribution in [3.63, 3.8) is 0 Å². The van der Waals surface area contributed by atoms with E-state index in [1.54, 1.807) is 7.05 Å². The van der Waals surface area contributed by atoms with Gasteiger partial charge in [-0.15, -0.1) is 0 Å². The monoisotopic (exact) mass is 289 g/mol. The molecule has 2 rings (SSSR count). The molecular weight excluding hydrogens is 262 g/mol. The first-order valence-electron chi connectivity index (χ1n) is 7.82. The molecule has 1 heterocycles. The van der Waals surface area contributed by atoms with E-state index >= 15 is 0 Å². The lowest BCUT2D eigenvalue weighted by molar-refractivity contribution is 0.0243. The Morgan fingerprint density at radius 1 is 1.29 bits per heavy atom. The van der Waals surface area contributed by atoms with Gasteiger partial charge < -0.3 is 15.4 Å². The molecule has 21 heavy (non-hydrogen) atoms. The lowest BCUT2D eigenvalue weighted by Crippen LogP contribution is -2.45. The van der Waals surface area contributed by atoms with Crippen LogP contribution in [-0.4, -0.2) is 31.8 Å². The third kappa shape index (κ3) is 4.46. The molecule has 1 aliphatic heterocycles. The van der Waals surface area contributed by atoms with Gasteiger partial charge in [-0.25, -0.2) is 0 Å². The molecule has 1 saturated heterocycles. The van der Waals surface area contributed by atoms with E-state index in [0.29, 0.717) is 0 Å². The van der Waals surface area contributed by atoms with Crippen molar-refractivity contribution in [3.05, 3.63) is 35.4 Å². The van der Waals surface area contributed by atoms with E-state index in [4.69, 9.17) is 4.74 Å². The van der Waals surface area contributed by atoms with Crippen LogP contribution in [0.4, 0.5) is 0 Å². The number of nitrogens with zero attached hydrogens (tertiary/aromatic N) is 1. The predicted octanol–water partition coefficient (Wildman–Crippen LogP) is 2.48. The van der Waals surface area contributed by atoms with Gasteiger partial charge in [0, 0.05) is 26.7 Å². The molecule has 4 nitrogen and oxygen atoms in total. The van der Waals surface area contributed by atoms with Crippen LogP contribution in [0.2, 0.25) is 0 Å². The van der Waals surface area contributed by atoms with Crippen LogP contribution in [0.3, 0.4) is 0 Å². The Labute approximate surface area is 128 Å². The second-order valence-corrected chi connectivity index (χ2v) is 5.80. The second-order valence-electron chi connectivity index (χ2n) is 5.80. The van der Waals surface area contributed by atoms with Crippen LogP contribution in [0.25, 0.3) is 0 Å². The first-order chi connectivity index (χ1) is 10.2. The fourth-order valence-corrected chi connectivity index (χ4v) is 2.72. The van der Waals surface area contributed by atoms with E-state index in [9.17, 15) is 0 Å². The van der Waals surface area contributed by atoms with Gasteiger partial charge in [0.05, 0.1) is 5.60 Å². The largest absolute Gasteiger partial charge is 0.373 e. The van der Waals surface area contributed by atoms with E-state index in [2.05, 4.69) is 53.7 Å². The van der Waals surface area contributed by atoms with Gasteiger partial charge in [0.1, 0.15) is 0 Å². The number of hydrogen-bond acceptors (Lipinski definition) is 2. The first kappa shape index (κ1) is 15.8. The highest BCUT2D eigenvalue weighted by Crippen LogP contribution is 2.23. The molecule has 0 amide bonds. The van der Waals surface area contributed by atoms with Crippen molar-refractivity contribution in [2.45, 2.75) is 45.3 Å². The van der Waals surface area contributed by atoms with Crippen LogP contribution < -0.4 is 10.6 Å². The van der Waals surface area contributed by atoms with Crippen LogP contribution in [-0.2, 0) is 17.7 Å². The van der Waals surface area contributed by atoms with E-state index in [1.165, 1.54) is 11.1 Å². The standard InChI is InChI=1S/C17H27N3O/c1-4-14-8-5-6-9-15(14)12-19-16(18-3)20-13-17(2)10-7-11-21-17/h5-6,8-9H,4,7,10-13H2,1-3H3,(H2,18,19,20). The number of hydrogen-bond donors (Lipinski definition) is 2. The SMILES string of the molecule is CCc1ccccc1CNC(=NC)NCC1(C)CCCO1. The molecule has 0 aromatic heterocycles. The number of aryl methyl sites for hydroxylation is 1. The van der Waals surface area contributed by atoms with E-state index in [-0.39, 0.29) is 5.60 Å². The molecule has 0 bridgehead atoms. The Morgan fingerprint density at radius 3 is 2.67 bits per heavy atom. The number of benzene rings is 1. The first-order valence-corrected chi connectivity index (χ1v) is 7.82. The summed E-state index contributed by atoms with van der Waals surface area (Å²) >= 11 is 0. The molecule has 0 spiro atoms. The molecule has 0 radical (unpaired) electrons. The van der Waals surface area contributed by atoms with Gasteiger partial charge in [0.2, 0.25) is 0 Å². The highest BCUT2D eigenvalue weighted by Gasteiger charge is 2.29. The molecule has 2 N–H and O–H groups in total. The van der Waals surface area contributed by atoms with Gasteiger partial charge >= 0.3 is 0 Å². The summed E-state index contributed by atoms with van der Waals surface area (Å²) in [5, 5.41) is 6.76. The molecule has 0 aliphatic carbocycles. The average molecular weight is 289 g/mol. The zero-order valence-electron chi connectivity index (χ0n) is 13.4. The van der Waals surface area contributed by atoms with Crippen LogP contribution in [0.5, 0.6) is 0 Å². The molecule has 1 aliphatic rings. The quantitative estimate of drug-likeness (QED) is 0.646. The molecule has 4 heteroatoms. The van der Waals surface area contributed by atoms with Crippen molar-refractivity contribution in [2.75, 3.05) is 20.2 Å². The number of rotatable bonds is 5. The number of aliphatic imine (C=N–C) groups is 1. The Hall–Kier alpha value is -1.55. The summed E-state index contributed by atoms with van der Waals surface area (Å²) < 4.78 is 5.79. The number of nitrogens with one attached hydrogen (secondary N) is 2. The van der Waals surface area contributed by atoms with Crippen LogP contribution >= 0.6 is 0 Å². The van der Waals surface area contributed by atoms with Gasteiger partial charge in [-0.05, 0) is 37.3 Å². The van der Waals surface area contributed by atoms with Crippen LogP contribution in [0, 0.1) is 0 Å². The maximum Gasteiger partial charge on any atom is 0.191 e. The van der Waals surface area contributed by atoms with Crippen molar-refractivity contribution in [1.29, 1.82) is 0 Å². The molecular formula is C17H27N3O. The topological polar surface area (TPSA) is 45.7 Å². The predicted molar refractivity (Wildman–Crippen MR) is 87.6 cm³/mol. The minimum absolute atomic E-state index is 0.0566. The van der Waals surface area contributed by atoms with E-state index in [0.717, 1.165) is 44.9 Å². The molecule has 1 aromatic rings. The molecule has 0 saturated carbocycles. The zero-order chi connectivity index (χ0) is 15.1. The van der Waals surface area contributed by atoms with E-state index < -0.39 is 0 Å². The third-order valence-corrected chi connectivity index (χ3v) is 4.10. The minimum Gasteiger partial charge on any atom is -0.373 e. The summed E-state index contributed by atoms with van der Waals surface area (Å²) in [5.74, 6) is 0.831. The summed E-state index contributed by atoms with van der Waals surface area (Å²) in [6.07, 6.45) is 3.31. The summed E-state index contributed by atoms with van der Waals surface area (Å²) in [6.45, 7) is 6.80. The van der Waals surface area contributed by atoms with Crippen molar-refractivity contribution in [3.8, 4) is 0 Å². The van der Waals surface area contributed by atoms with Crippen LogP contribution in [0.15, 0.2) is 29.3 Å². The van der Waals surface area contributed by atoms with E-state index in [1.807, 2.05) is 0 Å². The zero-order valence-corrected chi connectivity index (χ0v) is 13.4. The minimum atomic E-state index is -0.0566. The second kappa shape index (κ2) is 7.46. The fourth-order valence-electron chi connectivity index (χ4n) is 2.72. The summed E-state index contributed by atoms with van der Waals surface area (Å²) in [5.41, 5.74) is 2.65. The van der Waals surface area contributed by atoms with Gasteiger partial charge in [0.15, 0.2) is 5.96 Å². The Kier molecular flexibility index (Phi) is 5.62. The highest BCUT2D eigenvalue weighted by atomic mass is 16.5. The van der Waals surface area contributed by atoms with Gasteiger partial charge in [0.25, 0.3) is 0 Å². The Bertz CT molecular complexity index is 479. The highest BCUT2D eigenvalue weighted by molar-refractivity contribution is 5.79. The van der Waals surface area contributed by atoms with Crippen molar-refractivity contribution in [1.82, 2.24) is 10.6 Å². The third-order valence-electron chi connectivity index (χ3n) is 4.10. The maximum absolute atomic E-state index is 5.79. The lowest BCUT2D eigenvalue weighted by atomic mass is 10.0. The Balaban J connectivity index is 1.85. The summed E-state index contributed by atoms with van der Waals surface area (Å²) in [6, 6.07) is 8.52. The van der Waals surface area contributed by atoms with Crippen molar-refractivity contribution >= 4 is 5.96 Å². The average Bonchev–Trinajstić information content (AvgIpc) is 2.95. The number of guanidine groups is 1.